The maximum atomic E-state index is 12.9. The van der Waals surface area contributed by atoms with Crippen LogP contribution in [0.1, 0.15) is 48.7 Å². The molecule has 2 aliphatic rings. The number of nitrogens with zero attached hydrogens (tertiary/aromatic N) is 3. The standard InChI is InChI=1S/C25H29N3O3S/c1-4-19-8-10-21(11-9-19)28-17(2)14-20(18(28)3)15-22-24(30)27(25(31)32-22)16-23(29)26-12-6-5-7-13-26/h8-11,14-15H,4-7,12-13,16H2,1-3H3. The number of benzene rings is 1. The molecule has 0 radical (unpaired) electrons. The predicted molar refractivity (Wildman–Crippen MR) is 128 cm³/mol. The number of amides is 3. The molecule has 2 saturated heterocycles. The van der Waals surface area contributed by atoms with Crippen LogP contribution in [0.3, 0.4) is 0 Å². The van der Waals surface area contributed by atoms with Crippen LogP contribution in [-0.4, -0.2) is 51.1 Å². The molecular weight excluding hydrogens is 422 g/mol. The lowest BCUT2D eigenvalue weighted by molar-refractivity contribution is -0.136. The Morgan fingerprint density at radius 2 is 1.75 bits per heavy atom. The van der Waals surface area contributed by atoms with E-state index < -0.39 is 0 Å². The van der Waals surface area contributed by atoms with E-state index in [1.165, 1.54) is 5.56 Å². The molecule has 32 heavy (non-hydrogen) atoms. The average Bonchev–Trinajstić information content (AvgIpc) is 3.23. The van der Waals surface area contributed by atoms with E-state index >= 15 is 0 Å². The van der Waals surface area contributed by atoms with Crippen molar-refractivity contribution in [2.75, 3.05) is 19.6 Å². The van der Waals surface area contributed by atoms with Crippen LogP contribution in [0.25, 0.3) is 11.8 Å². The van der Waals surface area contributed by atoms with Crippen LogP contribution in [0.5, 0.6) is 0 Å². The Kier molecular flexibility index (Phi) is 6.55. The van der Waals surface area contributed by atoms with E-state index in [1.54, 1.807) is 11.0 Å². The summed E-state index contributed by atoms with van der Waals surface area (Å²) in [5.41, 5.74) is 5.30. The number of hydrogen-bond acceptors (Lipinski definition) is 4. The number of carbonyl (C=O) groups excluding carboxylic acids is 3. The lowest BCUT2D eigenvalue weighted by Gasteiger charge is -2.27. The fourth-order valence-electron chi connectivity index (χ4n) is 4.37. The maximum absolute atomic E-state index is 12.9. The third-order valence-electron chi connectivity index (χ3n) is 6.24. The van der Waals surface area contributed by atoms with Crippen molar-refractivity contribution in [2.45, 2.75) is 46.5 Å². The van der Waals surface area contributed by atoms with E-state index in [1.807, 2.05) is 19.9 Å². The van der Waals surface area contributed by atoms with Crippen molar-refractivity contribution in [1.29, 1.82) is 0 Å². The number of aryl methyl sites for hydroxylation is 2. The second-order valence-electron chi connectivity index (χ2n) is 8.39. The molecule has 6 nitrogen and oxygen atoms in total. The summed E-state index contributed by atoms with van der Waals surface area (Å²) in [5.74, 6) is -0.538. The van der Waals surface area contributed by atoms with E-state index in [2.05, 4.69) is 35.8 Å². The van der Waals surface area contributed by atoms with Crippen molar-refractivity contribution in [2.24, 2.45) is 0 Å². The minimum atomic E-state index is -0.387. The molecule has 4 rings (SSSR count). The SMILES string of the molecule is CCc1ccc(-n2c(C)cc(C=C3SC(=O)N(CC(=O)N4CCCCC4)C3=O)c2C)cc1. The highest BCUT2D eigenvalue weighted by Crippen LogP contribution is 2.34. The molecule has 0 unspecified atom stereocenters. The van der Waals surface area contributed by atoms with Gasteiger partial charge in [0, 0.05) is 30.2 Å². The Hall–Kier alpha value is -2.80. The summed E-state index contributed by atoms with van der Waals surface area (Å²) >= 11 is 0.908. The Balaban J connectivity index is 1.54. The first kappa shape index (κ1) is 22.4. The summed E-state index contributed by atoms with van der Waals surface area (Å²) in [6.07, 6.45) is 5.84. The second-order valence-corrected chi connectivity index (χ2v) is 9.38. The fraction of sp³-hybridized carbons (Fsp3) is 0.400. The van der Waals surface area contributed by atoms with Gasteiger partial charge in [-0.15, -0.1) is 0 Å². The zero-order chi connectivity index (χ0) is 22.8. The van der Waals surface area contributed by atoms with Gasteiger partial charge in [-0.3, -0.25) is 19.3 Å². The molecule has 1 aromatic heterocycles. The fourth-order valence-corrected chi connectivity index (χ4v) is 5.20. The number of imide groups is 1. The van der Waals surface area contributed by atoms with Crippen molar-refractivity contribution in [3.8, 4) is 5.69 Å². The first-order chi connectivity index (χ1) is 15.4. The van der Waals surface area contributed by atoms with E-state index in [-0.39, 0.29) is 23.6 Å². The van der Waals surface area contributed by atoms with Crippen LogP contribution in [0.2, 0.25) is 0 Å². The normalized spacial score (nSPS) is 18.2. The molecule has 168 valence electrons. The number of thioether (sulfide) groups is 1. The minimum absolute atomic E-state index is 0.151. The number of aromatic nitrogens is 1. The number of likely N-dealkylation sites (tertiary alicyclic amines) is 1. The summed E-state index contributed by atoms with van der Waals surface area (Å²) in [4.78, 5) is 41.2. The number of piperidine rings is 1. The first-order valence-electron chi connectivity index (χ1n) is 11.2. The van der Waals surface area contributed by atoms with Crippen LogP contribution >= 0.6 is 11.8 Å². The van der Waals surface area contributed by atoms with Crippen LogP contribution in [0.4, 0.5) is 4.79 Å². The third kappa shape index (κ3) is 4.39. The van der Waals surface area contributed by atoms with Crippen molar-refractivity contribution in [1.82, 2.24) is 14.4 Å². The number of rotatable bonds is 5. The topological polar surface area (TPSA) is 62.6 Å². The quantitative estimate of drug-likeness (QED) is 0.618. The zero-order valence-electron chi connectivity index (χ0n) is 18.9. The Morgan fingerprint density at radius 1 is 1.06 bits per heavy atom. The van der Waals surface area contributed by atoms with Crippen molar-refractivity contribution < 1.29 is 14.4 Å². The van der Waals surface area contributed by atoms with Crippen molar-refractivity contribution in [3.63, 3.8) is 0 Å². The maximum Gasteiger partial charge on any atom is 0.294 e. The van der Waals surface area contributed by atoms with Gasteiger partial charge in [0.25, 0.3) is 11.1 Å². The molecule has 0 N–H and O–H groups in total. The molecule has 0 bridgehead atoms. The molecule has 0 aliphatic carbocycles. The van der Waals surface area contributed by atoms with Gasteiger partial charge in [0.15, 0.2) is 0 Å². The summed E-state index contributed by atoms with van der Waals surface area (Å²) in [5, 5.41) is -0.379. The van der Waals surface area contributed by atoms with E-state index in [0.717, 1.165) is 65.0 Å². The average molecular weight is 452 g/mol. The van der Waals surface area contributed by atoms with Crippen LogP contribution in [0.15, 0.2) is 35.2 Å². The van der Waals surface area contributed by atoms with Gasteiger partial charge in [0.05, 0.1) is 4.91 Å². The van der Waals surface area contributed by atoms with E-state index in [0.29, 0.717) is 18.0 Å². The summed E-state index contributed by atoms with van der Waals surface area (Å²) < 4.78 is 2.15. The van der Waals surface area contributed by atoms with Gasteiger partial charge in [0.1, 0.15) is 6.54 Å². The highest BCUT2D eigenvalue weighted by molar-refractivity contribution is 8.18. The monoisotopic (exact) mass is 451 g/mol. The third-order valence-corrected chi connectivity index (χ3v) is 7.14. The highest BCUT2D eigenvalue weighted by Gasteiger charge is 2.37. The smallest absolute Gasteiger partial charge is 0.294 e. The molecule has 1 aromatic carbocycles. The Labute approximate surface area is 193 Å². The molecule has 0 saturated carbocycles. The molecular formula is C25H29N3O3S. The summed E-state index contributed by atoms with van der Waals surface area (Å²) in [6.45, 7) is 7.40. The van der Waals surface area contributed by atoms with Gasteiger partial charge in [-0.1, -0.05) is 19.1 Å². The van der Waals surface area contributed by atoms with Gasteiger partial charge in [-0.25, -0.2) is 0 Å². The second kappa shape index (κ2) is 9.36. The summed E-state index contributed by atoms with van der Waals surface area (Å²) in [6, 6.07) is 10.5. The van der Waals surface area contributed by atoms with Crippen LogP contribution < -0.4 is 0 Å². The molecule has 3 heterocycles. The van der Waals surface area contributed by atoms with Crippen molar-refractivity contribution >= 4 is 34.9 Å². The molecule has 2 aromatic rings. The Bertz CT molecular complexity index is 1080. The van der Waals surface area contributed by atoms with Gasteiger partial charge < -0.3 is 9.47 Å². The molecule has 2 aliphatic heterocycles. The molecule has 0 spiro atoms. The lowest BCUT2D eigenvalue weighted by atomic mass is 10.1. The number of hydrogen-bond donors (Lipinski definition) is 0. The van der Waals surface area contributed by atoms with E-state index in [9.17, 15) is 14.4 Å². The zero-order valence-corrected chi connectivity index (χ0v) is 19.7. The first-order valence-corrected chi connectivity index (χ1v) is 12.0. The van der Waals surface area contributed by atoms with Gasteiger partial charge in [-0.05, 0) is 86.7 Å². The molecule has 2 fully saturated rings. The minimum Gasteiger partial charge on any atom is -0.341 e. The Morgan fingerprint density at radius 3 is 2.41 bits per heavy atom. The molecule has 7 heteroatoms. The number of carbonyl (C=O) groups is 3. The van der Waals surface area contributed by atoms with E-state index in [4.69, 9.17) is 0 Å². The largest absolute Gasteiger partial charge is 0.341 e. The molecule has 0 atom stereocenters. The van der Waals surface area contributed by atoms with Crippen molar-refractivity contribution in [3.05, 3.63) is 57.8 Å². The predicted octanol–water partition coefficient (Wildman–Crippen LogP) is 4.71. The highest BCUT2D eigenvalue weighted by atomic mass is 32.2. The van der Waals surface area contributed by atoms with Gasteiger partial charge in [-0.2, -0.15) is 0 Å². The molecule has 3 amide bonds. The van der Waals surface area contributed by atoms with Crippen LogP contribution in [0, 0.1) is 13.8 Å². The summed E-state index contributed by atoms with van der Waals surface area (Å²) in [7, 11) is 0. The lowest BCUT2D eigenvalue weighted by Crippen LogP contribution is -2.44. The van der Waals surface area contributed by atoms with Crippen LogP contribution in [-0.2, 0) is 16.0 Å². The van der Waals surface area contributed by atoms with Gasteiger partial charge in [0.2, 0.25) is 5.91 Å². The van der Waals surface area contributed by atoms with Gasteiger partial charge >= 0.3 is 0 Å².